The van der Waals surface area contributed by atoms with Crippen molar-refractivity contribution in [2.75, 3.05) is 0 Å². The van der Waals surface area contributed by atoms with Gasteiger partial charge in [0.1, 0.15) is 0 Å². The first-order chi connectivity index (χ1) is 19.5. The van der Waals surface area contributed by atoms with Crippen molar-refractivity contribution in [2.24, 2.45) is 0 Å². The third-order valence-corrected chi connectivity index (χ3v) is 8.59. The fourth-order valence-electron chi connectivity index (χ4n) is 6.31. The molecule has 0 amide bonds. The third-order valence-electron chi connectivity index (χ3n) is 8.59. The molecule has 1 fully saturated rings. The second kappa shape index (κ2) is 8.59. The van der Waals surface area contributed by atoms with Crippen molar-refractivity contribution in [3.8, 4) is 11.4 Å². The molecule has 0 N–H and O–H groups in total. The van der Waals surface area contributed by atoms with Gasteiger partial charge in [0.25, 0.3) is 0 Å². The summed E-state index contributed by atoms with van der Waals surface area (Å²) in [5.74, 6) is 0. The number of rotatable bonds is 3. The van der Waals surface area contributed by atoms with Gasteiger partial charge in [-0.25, -0.2) is 0 Å². The molecule has 1 saturated heterocycles. The average Bonchev–Trinajstić information content (AvgIpc) is 3.59. The molecule has 0 bridgehead atoms. The normalized spacial score (nSPS) is 17.1. The van der Waals surface area contributed by atoms with Crippen LogP contribution in [0.4, 0.5) is 0 Å². The Balaban J connectivity index is 1.46. The van der Waals surface area contributed by atoms with Gasteiger partial charge in [0.05, 0.1) is 33.8 Å². The van der Waals surface area contributed by atoms with Crippen LogP contribution in [0.25, 0.3) is 55.0 Å². The summed E-state index contributed by atoms with van der Waals surface area (Å²) in [6.45, 7) is 6.29. The van der Waals surface area contributed by atoms with E-state index in [9.17, 15) is 0 Å². The van der Waals surface area contributed by atoms with E-state index in [1.807, 2.05) is 0 Å². The molecule has 1 unspecified atom stereocenters. The topological polar surface area (TPSA) is 28.3 Å². The maximum absolute atomic E-state index is 6.50. The molecule has 4 nitrogen and oxygen atoms in total. The van der Waals surface area contributed by atoms with Gasteiger partial charge < -0.3 is 18.4 Å². The summed E-state index contributed by atoms with van der Waals surface area (Å²) in [6, 6.07) is 41.3. The van der Waals surface area contributed by atoms with Crippen molar-refractivity contribution in [3.63, 3.8) is 0 Å². The van der Waals surface area contributed by atoms with Crippen LogP contribution in [0.15, 0.2) is 115 Å². The molecule has 194 valence electrons. The van der Waals surface area contributed by atoms with E-state index in [-0.39, 0.29) is 11.7 Å². The van der Waals surface area contributed by atoms with Crippen LogP contribution in [-0.4, -0.2) is 28.0 Å². The highest BCUT2D eigenvalue weighted by atomic mass is 16.7. The lowest BCUT2D eigenvalue weighted by Crippen LogP contribution is -2.35. The SMILES string of the molecule is CC1OB(c2cc(-n3c4ccccc4c4ccccc43)cc(-n3c4ccccc4c4ccccc43)c2)OC1(C)C. The van der Waals surface area contributed by atoms with Crippen LogP contribution in [0.3, 0.4) is 0 Å². The van der Waals surface area contributed by atoms with E-state index in [1.54, 1.807) is 0 Å². The molecule has 1 aliphatic heterocycles. The Hall–Kier alpha value is -4.32. The van der Waals surface area contributed by atoms with E-state index in [4.69, 9.17) is 9.31 Å². The zero-order chi connectivity index (χ0) is 27.0. The molecule has 2 aromatic heterocycles. The summed E-state index contributed by atoms with van der Waals surface area (Å²) in [6.07, 6.45) is -0.0221. The monoisotopic (exact) mass is 520 g/mol. The smallest absolute Gasteiger partial charge is 0.402 e. The fourth-order valence-corrected chi connectivity index (χ4v) is 6.31. The predicted octanol–water partition coefficient (Wildman–Crippen LogP) is 7.79. The van der Waals surface area contributed by atoms with Crippen LogP contribution >= 0.6 is 0 Å². The largest absolute Gasteiger partial charge is 0.494 e. The molecule has 0 radical (unpaired) electrons. The minimum absolute atomic E-state index is 0.0221. The van der Waals surface area contributed by atoms with Crippen molar-refractivity contribution in [1.82, 2.24) is 9.13 Å². The standard InChI is InChI=1S/C35H29BN2O2/c1-23-35(2,3)40-36(39-23)24-20-25(37-31-16-8-4-12-27(31)28-13-5-9-17-32(28)37)22-26(21-24)38-33-18-10-6-14-29(33)30-15-7-11-19-34(30)38/h4-23H,1-3H3. The highest BCUT2D eigenvalue weighted by molar-refractivity contribution is 6.62. The van der Waals surface area contributed by atoms with Gasteiger partial charge in [-0.15, -0.1) is 0 Å². The number of hydrogen-bond donors (Lipinski definition) is 0. The second-order valence-corrected chi connectivity index (χ2v) is 11.4. The molecule has 8 rings (SSSR count). The van der Waals surface area contributed by atoms with Crippen LogP contribution in [0, 0.1) is 0 Å². The van der Waals surface area contributed by atoms with Crippen molar-refractivity contribution in [1.29, 1.82) is 0 Å². The summed E-state index contributed by atoms with van der Waals surface area (Å²) in [5.41, 5.74) is 7.50. The van der Waals surface area contributed by atoms with Gasteiger partial charge in [-0.2, -0.15) is 0 Å². The van der Waals surface area contributed by atoms with Crippen molar-refractivity contribution in [2.45, 2.75) is 32.5 Å². The number of nitrogens with zero attached hydrogens (tertiary/aromatic N) is 2. The zero-order valence-corrected chi connectivity index (χ0v) is 22.8. The van der Waals surface area contributed by atoms with Gasteiger partial charge in [-0.3, -0.25) is 0 Å². The van der Waals surface area contributed by atoms with E-state index < -0.39 is 7.12 Å². The fraction of sp³-hybridized carbons (Fsp3) is 0.143. The molecule has 0 aliphatic carbocycles. The molecule has 1 aliphatic rings. The molecule has 3 heterocycles. The molecule has 40 heavy (non-hydrogen) atoms. The van der Waals surface area contributed by atoms with Crippen LogP contribution in [0.2, 0.25) is 0 Å². The van der Waals surface area contributed by atoms with E-state index in [0.29, 0.717) is 0 Å². The van der Waals surface area contributed by atoms with Crippen molar-refractivity contribution >= 4 is 56.2 Å². The number of benzene rings is 5. The Morgan fingerprint density at radius 1 is 0.575 bits per heavy atom. The zero-order valence-electron chi connectivity index (χ0n) is 22.8. The number of hydrogen-bond acceptors (Lipinski definition) is 2. The molecule has 7 aromatic rings. The Bertz CT molecular complexity index is 1850. The highest BCUT2D eigenvalue weighted by Gasteiger charge is 2.44. The van der Waals surface area contributed by atoms with Gasteiger partial charge >= 0.3 is 7.12 Å². The summed E-state index contributed by atoms with van der Waals surface area (Å²) in [5, 5.41) is 4.96. The quantitative estimate of drug-likeness (QED) is 0.223. The van der Waals surface area contributed by atoms with Crippen LogP contribution in [-0.2, 0) is 9.31 Å². The molecule has 5 heteroatoms. The van der Waals surface area contributed by atoms with Crippen LogP contribution in [0.1, 0.15) is 20.8 Å². The first-order valence-corrected chi connectivity index (χ1v) is 13.9. The minimum atomic E-state index is -0.454. The van der Waals surface area contributed by atoms with E-state index in [0.717, 1.165) is 16.8 Å². The number of fused-ring (bicyclic) bond motifs is 6. The first kappa shape index (κ1) is 23.6. The van der Waals surface area contributed by atoms with Crippen LogP contribution < -0.4 is 5.46 Å². The van der Waals surface area contributed by atoms with Crippen molar-refractivity contribution < 1.29 is 9.31 Å². The van der Waals surface area contributed by atoms with Gasteiger partial charge in [0.15, 0.2) is 0 Å². The van der Waals surface area contributed by atoms with Gasteiger partial charge in [-0.1, -0.05) is 72.8 Å². The number of aromatic nitrogens is 2. The number of para-hydroxylation sites is 4. The summed E-state index contributed by atoms with van der Waals surface area (Å²) in [4.78, 5) is 0. The predicted molar refractivity (Wildman–Crippen MR) is 166 cm³/mol. The molecule has 0 spiro atoms. The van der Waals surface area contributed by atoms with Crippen LogP contribution in [0.5, 0.6) is 0 Å². The maximum Gasteiger partial charge on any atom is 0.494 e. The summed E-state index contributed by atoms with van der Waals surface area (Å²) in [7, 11) is -0.454. The average molecular weight is 520 g/mol. The lowest BCUT2D eigenvalue weighted by molar-refractivity contribution is 0.0842. The van der Waals surface area contributed by atoms with E-state index in [2.05, 4.69) is 145 Å². The van der Waals surface area contributed by atoms with Gasteiger partial charge in [0, 0.05) is 32.9 Å². The highest BCUT2D eigenvalue weighted by Crippen LogP contribution is 2.36. The first-order valence-electron chi connectivity index (χ1n) is 13.9. The van der Waals surface area contributed by atoms with E-state index in [1.165, 1.54) is 43.6 Å². The summed E-state index contributed by atoms with van der Waals surface area (Å²) >= 11 is 0. The lowest BCUT2D eigenvalue weighted by atomic mass is 9.78. The second-order valence-electron chi connectivity index (χ2n) is 11.4. The molecular weight excluding hydrogens is 491 g/mol. The van der Waals surface area contributed by atoms with E-state index >= 15 is 0 Å². The van der Waals surface area contributed by atoms with Gasteiger partial charge in [-0.05, 0) is 68.7 Å². The Morgan fingerprint density at radius 3 is 1.30 bits per heavy atom. The lowest BCUT2D eigenvalue weighted by Gasteiger charge is -2.21. The Morgan fingerprint density at radius 2 is 0.950 bits per heavy atom. The van der Waals surface area contributed by atoms with Crippen molar-refractivity contribution in [3.05, 3.63) is 115 Å². The van der Waals surface area contributed by atoms with Gasteiger partial charge in [0.2, 0.25) is 0 Å². The molecule has 0 saturated carbocycles. The maximum atomic E-state index is 6.50. The minimum Gasteiger partial charge on any atom is -0.402 e. The summed E-state index contributed by atoms with van der Waals surface area (Å²) < 4.78 is 17.7. The Kier molecular flexibility index (Phi) is 5.06. The Labute approximate surface area is 233 Å². The third kappa shape index (κ3) is 3.41. The molecular formula is C35H29BN2O2. The molecule has 5 aromatic carbocycles. The molecule has 1 atom stereocenters.